The first-order valence-corrected chi connectivity index (χ1v) is 11.3. The number of nitrogens with one attached hydrogen (secondary N) is 1. The third-order valence-corrected chi connectivity index (χ3v) is 8.50. The van der Waals surface area contributed by atoms with Gasteiger partial charge in [0.25, 0.3) is 0 Å². The molecule has 25 heavy (non-hydrogen) atoms. The Kier molecular flexibility index (Phi) is 5.18. The molecule has 10 heteroatoms. The van der Waals surface area contributed by atoms with Gasteiger partial charge < -0.3 is 5.11 Å². The van der Waals surface area contributed by atoms with Gasteiger partial charge in [0, 0.05) is 32.0 Å². The fourth-order valence-electron chi connectivity index (χ4n) is 2.98. The van der Waals surface area contributed by atoms with Gasteiger partial charge >= 0.3 is 0 Å². The van der Waals surface area contributed by atoms with Gasteiger partial charge in [0.2, 0.25) is 20.0 Å². The maximum atomic E-state index is 12.3. The Morgan fingerprint density at radius 3 is 2.64 bits per heavy atom. The van der Waals surface area contributed by atoms with E-state index < -0.39 is 25.6 Å². The van der Waals surface area contributed by atoms with Gasteiger partial charge in [-0.15, -0.1) is 0 Å². The summed E-state index contributed by atoms with van der Waals surface area (Å²) in [5, 5.41) is 10.5. The molecule has 0 spiro atoms. The van der Waals surface area contributed by atoms with Crippen LogP contribution in [0.5, 0.6) is 0 Å². The molecule has 1 saturated carbocycles. The first-order chi connectivity index (χ1) is 11.7. The van der Waals surface area contributed by atoms with E-state index in [1.54, 1.807) is 0 Å². The quantitative estimate of drug-likeness (QED) is 0.711. The number of sulfonamides is 2. The van der Waals surface area contributed by atoms with Gasteiger partial charge in [-0.1, -0.05) is 0 Å². The predicted molar refractivity (Wildman–Crippen MR) is 91.7 cm³/mol. The van der Waals surface area contributed by atoms with Crippen molar-refractivity contribution in [2.75, 3.05) is 19.6 Å². The second-order valence-electron chi connectivity index (χ2n) is 6.73. The summed E-state index contributed by atoms with van der Waals surface area (Å²) < 4.78 is 53.0. The summed E-state index contributed by atoms with van der Waals surface area (Å²) in [6, 6.07) is 2.95. The summed E-state index contributed by atoms with van der Waals surface area (Å²) in [6.07, 6.45) is 5.17. The van der Waals surface area contributed by atoms with Gasteiger partial charge in [0.05, 0.1) is 10.9 Å². The molecule has 2 N–H and O–H groups in total. The summed E-state index contributed by atoms with van der Waals surface area (Å²) >= 11 is 0. The first-order valence-electron chi connectivity index (χ1n) is 8.34. The molecule has 1 aliphatic heterocycles. The molecule has 8 nitrogen and oxygen atoms in total. The van der Waals surface area contributed by atoms with Crippen molar-refractivity contribution in [1.29, 1.82) is 0 Å². The van der Waals surface area contributed by atoms with Crippen molar-refractivity contribution in [2.45, 2.75) is 47.9 Å². The van der Waals surface area contributed by atoms with Crippen LogP contribution >= 0.6 is 0 Å². The molecule has 2 fully saturated rings. The number of hydrogen-bond acceptors (Lipinski definition) is 6. The standard InChI is InChI=1S/C15H23N3O5S2/c19-15(12-17-24(20,21)14-3-1-8-16-11-14)6-2-9-18(10-7-15)25(22,23)13-4-5-13/h1,3,8,11,13,17,19H,2,4-7,9-10,12H2. The van der Waals surface area contributed by atoms with Gasteiger partial charge in [-0.25, -0.2) is 25.9 Å². The monoisotopic (exact) mass is 389 g/mol. The van der Waals surface area contributed by atoms with Crippen molar-refractivity contribution in [1.82, 2.24) is 14.0 Å². The highest BCUT2D eigenvalue weighted by Crippen LogP contribution is 2.33. The molecular weight excluding hydrogens is 366 g/mol. The summed E-state index contributed by atoms with van der Waals surface area (Å²) in [5.41, 5.74) is -1.26. The van der Waals surface area contributed by atoms with E-state index in [-0.39, 0.29) is 29.7 Å². The van der Waals surface area contributed by atoms with E-state index in [4.69, 9.17) is 0 Å². The van der Waals surface area contributed by atoms with Crippen LogP contribution in [0.15, 0.2) is 29.4 Å². The summed E-state index contributed by atoms with van der Waals surface area (Å²) in [7, 11) is -7.03. The molecule has 0 radical (unpaired) electrons. The highest BCUT2D eigenvalue weighted by molar-refractivity contribution is 7.90. The number of rotatable bonds is 6. The third kappa shape index (κ3) is 4.37. The van der Waals surface area contributed by atoms with Gasteiger partial charge in [-0.2, -0.15) is 0 Å². The topological polar surface area (TPSA) is 117 Å². The van der Waals surface area contributed by atoms with Crippen molar-refractivity contribution < 1.29 is 21.9 Å². The van der Waals surface area contributed by atoms with E-state index >= 15 is 0 Å². The van der Waals surface area contributed by atoms with Crippen LogP contribution in [0, 0.1) is 0 Å². The molecule has 0 bridgehead atoms. The van der Waals surface area contributed by atoms with Crippen LogP contribution in [-0.2, 0) is 20.0 Å². The lowest BCUT2D eigenvalue weighted by molar-refractivity contribution is 0.0323. The number of pyridine rings is 1. The molecule has 1 aliphatic carbocycles. The van der Waals surface area contributed by atoms with Gasteiger partial charge in [0.1, 0.15) is 4.90 Å². The van der Waals surface area contributed by atoms with Crippen LogP contribution in [0.2, 0.25) is 0 Å². The fourth-order valence-corrected chi connectivity index (χ4v) is 5.95. The zero-order valence-electron chi connectivity index (χ0n) is 13.8. The molecule has 1 atom stereocenters. The maximum absolute atomic E-state index is 12.3. The molecular formula is C15H23N3O5S2. The SMILES string of the molecule is O=S(=O)(NCC1(O)CCCN(S(=O)(=O)C2CC2)CC1)c1cccnc1. The summed E-state index contributed by atoms with van der Waals surface area (Å²) in [5.74, 6) is 0. The minimum Gasteiger partial charge on any atom is -0.388 e. The predicted octanol–water partition coefficient (Wildman–Crippen LogP) is 0.0691. The number of aromatic nitrogens is 1. The number of hydrogen-bond donors (Lipinski definition) is 2. The molecule has 1 aromatic rings. The second-order valence-corrected chi connectivity index (χ2v) is 10.7. The average Bonchev–Trinajstić information content (AvgIpc) is 3.42. The minimum atomic E-state index is -3.76. The highest BCUT2D eigenvalue weighted by atomic mass is 32.2. The van der Waals surface area contributed by atoms with E-state index in [0.717, 1.165) is 0 Å². The molecule has 1 saturated heterocycles. The van der Waals surface area contributed by atoms with Crippen LogP contribution in [-0.4, -0.2) is 61.7 Å². The molecule has 3 rings (SSSR count). The van der Waals surface area contributed by atoms with E-state index in [1.807, 2.05) is 0 Å². The minimum absolute atomic E-state index is 0.0326. The van der Waals surface area contributed by atoms with Crippen molar-refractivity contribution in [3.05, 3.63) is 24.5 Å². The van der Waals surface area contributed by atoms with Crippen molar-refractivity contribution in [2.24, 2.45) is 0 Å². The Hall–Kier alpha value is -1.07. The van der Waals surface area contributed by atoms with E-state index in [0.29, 0.717) is 32.2 Å². The summed E-state index contributed by atoms with van der Waals surface area (Å²) in [4.78, 5) is 3.81. The molecule has 1 aromatic heterocycles. The molecule has 0 amide bonds. The maximum Gasteiger partial charge on any atom is 0.242 e. The Labute approximate surface area is 148 Å². The normalized spacial score (nSPS) is 26.3. The Morgan fingerprint density at radius 1 is 1.24 bits per heavy atom. The van der Waals surface area contributed by atoms with Crippen LogP contribution in [0.25, 0.3) is 0 Å². The van der Waals surface area contributed by atoms with Gasteiger partial charge in [-0.05, 0) is 44.2 Å². The van der Waals surface area contributed by atoms with Crippen molar-refractivity contribution in [3.8, 4) is 0 Å². The van der Waals surface area contributed by atoms with Crippen LogP contribution in [0.4, 0.5) is 0 Å². The Bertz CT molecular complexity index is 809. The smallest absolute Gasteiger partial charge is 0.242 e. The van der Waals surface area contributed by atoms with E-state index in [1.165, 1.54) is 28.8 Å². The molecule has 2 aliphatic rings. The molecule has 0 aromatic carbocycles. The average molecular weight is 389 g/mol. The lowest BCUT2D eigenvalue weighted by Gasteiger charge is -2.27. The number of nitrogens with zero attached hydrogens (tertiary/aromatic N) is 2. The highest BCUT2D eigenvalue weighted by Gasteiger charge is 2.42. The molecule has 2 heterocycles. The first kappa shape index (κ1) is 18.7. The fraction of sp³-hybridized carbons (Fsp3) is 0.667. The van der Waals surface area contributed by atoms with Crippen LogP contribution < -0.4 is 4.72 Å². The zero-order chi connectivity index (χ0) is 18.1. The second kappa shape index (κ2) is 6.92. The summed E-state index contributed by atoms with van der Waals surface area (Å²) in [6.45, 7) is 0.433. The molecule has 1 unspecified atom stereocenters. The lowest BCUT2D eigenvalue weighted by atomic mass is 9.95. The van der Waals surface area contributed by atoms with E-state index in [9.17, 15) is 21.9 Å². The van der Waals surface area contributed by atoms with Gasteiger partial charge in [0.15, 0.2) is 0 Å². The molecule has 140 valence electrons. The number of aliphatic hydroxyl groups is 1. The zero-order valence-corrected chi connectivity index (χ0v) is 15.5. The van der Waals surface area contributed by atoms with Crippen molar-refractivity contribution in [3.63, 3.8) is 0 Å². The lowest BCUT2D eigenvalue weighted by Crippen LogP contribution is -2.44. The van der Waals surface area contributed by atoms with Crippen molar-refractivity contribution >= 4 is 20.0 Å². The van der Waals surface area contributed by atoms with Crippen LogP contribution in [0.1, 0.15) is 32.1 Å². The Morgan fingerprint density at radius 2 is 2.00 bits per heavy atom. The van der Waals surface area contributed by atoms with E-state index in [2.05, 4.69) is 9.71 Å². The van der Waals surface area contributed by atoms with Gasteiger partial charge in [-0.3, -0.25) is 4.98 Å². The van der Waals surface area contributed by atoms with Crippen LogP contribution in [0.3, 0.4) is 0 Å². The third-order valence-electron chi connectivity index (χ3n) is 4.72. The Balaban J connectivity index is 1.63. The largest absolute Gasteiger partial charge is 0.388 e.